The van der Waals surface area contributed by atoms with Crippen LogP contribution in [0.25, 0.3) is 0 Å². The minimum absolute atomic E-state index is 0.201. The van der Waals surface area contributed by atoms with Crippen molar-refractivity contribution in [3.05, 3.63) is 18.0 Å². The van der Waals surface area contributed by atoms with Crippen LogP contribution in [0.3, 0.4) is 0 Å². The summed E-state index contributed by atoms with van der Waals surface area (Å²) in [6, 6.07) is 1.91. The standard InChI is InChI=1S/C11H19N3O2S/c1-3-12-7-9-6-11(8-13-9)17(15,16)14(2)10-4-5-10/h6,8,10,12-13H,3-5,7H2,1-2H3. The van der Waals surface area contributed by atoms with Gasteiger partial charge in [0.2, 0.25) is 10.0 Å². The van der Waals surface area contributed by atoms with E-state index in [0.29, 0.717) is 11.4 Å². The number of rotatable bonds is 6. The molecule has 0 aromatic carbocycles. The smallest absolute Gasteiger partial charge is 0.244 e. The van der Waals surface area contributed by atoms with E-state index >= 15 is 0 Å². The Labute approximate surface area is 102 Å². The first-order valence-electron chi connectivity index (χ1n) is 5.91. The van der Waals surface area contributed by atoms with Crippen LogP contribution in [0.4, 0.5) is 0 Å². The van der Waals surface area contributed by atoms with Gasteiger partial charge in [-0.05, 0) is 25.5 Å². The molecule has 1 aromatic heterocycles. The first kappa shape index (κ1) is 12.6. The quantitative estimate of drug-likeness (QED) is 0.796. The van der Waals surface area contributed by atoms with Crippen molar-refractivity contribution in [3.8, 4) is 0 Å². The number of hydrogen-bond donors (Lipinski definition) is 2. The van der Waals surface area contributed by atoms with Gasteiger partial charge in [-0.2, -0.15) is 4.31 Å². The Morgan fingerprint density at radius 3 is 2.82 bits per heavy atom. The van der Waals surface area contributed by atoms with E-state index in [1.165, 1.54) is 4.31 Å². The average Bonchev–Trinajstić information content (AvgIpc) is 3.03. The van der Waals surface area contributed by atoms with Crippen LogP contribution < -0.4 is 5.32 Å². The van der Waals surface area contributed by atoms with Gasteiger partial charge in [0.15, 0.2) is 0 Å². The van der Waals surface area contributed by atoms with Crippen molar-refractivity contribution in [2.75, 3.05) is 13.6 Å². The molecule has 0 bridgehead atoms. The first-order chi connectivity index (χ1) is 8.05. The molecular weight excluding hydrogens is 238 g/mol. The van der Waals surface area contributed by atoms with E-state index in [1.54, 1.807) is 19.3 Å². The Balaban J connectivity index is 2.12. The van der Waals surface area contributed by atoms with E-state index in [1.807, 2.05) is 6.92 Å². The van der Waals surface area contributed by atoms with Crippen LogP contribution in [0, 0.1) is 0 Å². The minimum atomic E-state index is -3.31. The van der Waals surface area contributed by atoms with Gasteiger partial charge in [-0.25, -0.2) is 8.42 Å². The van der Waals surface area contributed by atoms with Gasteiger partial charge in [-0.1, -0.05) is 6.92 Å². The zero-order valence-electron chi connectivity index (χ0n) is 10.2. The number of sulfonamides is 1. The molecule has 1 saturated carbocycles. The van der Waals surface area contributed by atoms with Crippen LogP contribution in [-0.4, -0.2) is 37.3 Å². The highest BCUT2D eigenvalue weighted by Gasteiger charge is 2.35. The Hall–Kier alpha value is -0.850. The number of nitrogens with zero attached hydrogens (tertiary/aromatic N) is 1. The molecule has 1 fully saturated rings. The molecule has 0 spiro atoms. The molecule has 0 saturated heterocycles. The van der Waals surface area contributed by atoms with Crippen LogP contribution in [0.2, 0.25) is 0 Å². The summed E-state index contributed by atoms with van der Waals surface area (Å²) < 4.78 is 25.9. The number of H-pyrrole nitrogens is 1. The average molecular weight is 257 g/mol. The van der Waals surface area contributed by atoms with E-state index in [9.17, 15) is 8.42 Å². The second-order valence-electron chi connectivity index (χ2n) is 4.39. The van der Waals surface area contributed by atoms with E-state index in [2.05, 4.69) is 10.3 Å². The van der Waals surface area contributed by atoms with Crippen LogP contribution >= 0.6 is 0 Å². The highest BCUT2D eigenvalue weighted by molar-refractivity contribution is 7.89. The maximum Gasteiger partial charge on any atom is 0.244 e. The molecule has 1 aromatic rings. The summed E-state index contributed by atoms with van der Waals surface area (Å²) in [6.45, 7) is 3.55. The van der Waals surface area contributed by atoms with Gasteiger partial charge >= 0.3 is 0 Å². The Morgan fingerprint density at radius 2 is 2.24 bits per heavy atom. The fourth-order valence-corrected chi connectivity index (χ4v) is 3.17. The molecule has 1 aliphatic carbocycles. The highest BCUT2D eigenvalue weighted by atomic mass is 32.2. The molecule has 5 nitrogen and oxygen atoms in total. The topological polar surface area (TPSA) is 65.2 Å². The van der Waals surface area contributed by atoms with Crippen LogP contribution in [0.1, 0.15) is 25.5 Å². The lowest BCUT2D eigenvalue weighted by Gasteiger charge is -2.14. The Bertz CT molecular complexity index is 477. The van der Waals surface area contributed by atoms with Gasteiger partial charge < -0.3 is 10.3 Å². The molecule has 17 heavy (non-hydrogen) atoms. The normalized spacial score (nSPS) is 16.6. The van der Waals surface area contributed by atoms with Crippen molar-refractivity contribution in [2.45, 2.75) is 37.2 Å². The van der Waals surface area contributed by atoms with Crippen LogP contribution in [0.15, 0.2) is 17.2 Å². The van der Waals surface area contributed by atoms with E-state index in [4.69, 9.17) is 0 Å². The molecule has 2 rings (SSSR count). The Morgan fingerprint density at radius 1 is 1.53 bits per heavy atom. The lowest BCUT2D eigenvalue weighted by Crippen LogP contribution is -2.28. The van der Waals surface area contributed by atoms with Crippen molar-refractivity contribution in [3.63, 3.8) is 0 Å². The molecule has 1 aliphatic rings. The summed E-state index contributed by atoms with van der Waals surface area (Å²) in [6.07, 6.45) is 3.52. The van der Waals surface area contributed by atoms with Gasteiger partial charge in [0.1, 0.15) is 0 Å². The summed E-state index contributed by atoms with van der Waals surface area (Å²) in [5.74, 6) is 0. The highest BCUT2D eigenvalue weighted by Crippen LogP contribution is 2.30. The fraction of sp³-hybridized carbons (Fsp3) is 0.636. The molecule has 0 atom stereocenters. The third-order valence-electron chi connectivity index (χ3n) is 3.02. The maximum absolute atomic E-state index is 12.2. The van der Waals surface area contributed by atoms with Crippen molar-refractivity contribution in [1.82, 2.24) is 14.6 Å². The monoisotopic (exact) mass is 257 g/mol. The molecule has 0 aliphatic heterocycles. The van der Waals surface area contributed by atoms with Crippen LogP contribution in [-0.2, 0) is 16.6 Å². The molecule has 1 heterocycles. The van der Waals surface area contributed by atoms with Crippen molar-refractivity contribution in [2.24, 2.45) is 0 Å². The summed E-state index contributed by atoms with van der Waals surface area (Å²) in [7, 11) is -1.65. The summed E-state index contributed by atoms with van der Waals surface area (Å²) >= 11 is 0. The lowest BCUT2D eigenvalue weighted by atomic mass is 10.4. The van der Waals surface area contributed by atoms with Gasteiger partial charge in [0.05, 0.1) is 4.90 Å². The molecule has 96 valence electrons. The van der Waals surface area contributed by atoms with Gasteiger partial charge in [0, 0.05) is 31.5 Å². The van der Waals surface area contributed by atoms with E-state index in [0.717, 1.165) is 25.1 Å². The summed E-state index contributed by atoms with van der Waals surface area (Å²) in [4.78, 5) is 3.35. The van der Waals surface area contributed by atoms with E-state index < -0.39 is 10.0 Å². The number of aromatic nitrogens is 1. The third kappa shape index (κ3) is 2.70. The van der Waals surface area contributed by atoms with E-state index in [-0.39, 0.29) is 6.04 Å². The van der Waals surface area contributed by atoms with Gasteiger partial charge in [-0.3, -0.25) is 0 Å². The second-order valence-corrected chi connectivity index (χ2v) is 6.39. The maximum atomic E-state index is 12.2. The minimum Gasteiger partial charge on any atom is -0.363 e. The fourth-order valence-electron chi connectivity index (χ4n) is 1.73. The van der Waals surface area contributed by atoms with Crippen LogP contribution in [0.5, 0.6) is 0 Å². The second kappa shape index (κ2) is 4.80. The summed E-state index contributed by atoms with van der Waals surface area (Å²) in [5, 5.41) is 3.15. The van der Waals surface area contributed by atoms with Crippen molar-refractivity contribution in [1.29, 1.82) is 0 Å². The number of nitrogens with one attached hydrogen (secondary N) is 2. The first-order valence-corrected chi connectivity index (χ1v) is 7.35. The van der Waals surface area contributed by atoms with Gasteiger partial charge in [-0.15, -0.1) is 0 Å². The summed E-state index contributed by atoms with van der Waals surface area (Å²) in [5.41, 5.74) is 0.898. The SMILES string of the molecule is CCNCc1cc(S(=O)(=O)N(C)C2CC2)c[nH]1. The third-order valence-corrected chi connectivity index (χ3v) is 4.91. The molecule has 0 radical (unpaired) electrons. The predicted octanol–water partition coefficient (Wildman–Crippen LogP) is 0.907. The molecule has 2 N–H and O–H groups in total. The zero-order chi connectivity index (χ0) is 12.5. The Kier molecular flexibility index (Phi) is 3.56. The number of aromatic amines is 1. The lowest BCUT2D eigenvalue weighted by molar-refractivity contribution is 0.464. The molecular formula is C11H19N3O2S. The molecule has 0 unspecified atom stereocenters. The molecule has 6 heteroatoms. The largest absolute Gasteiger partial charge is 0.363 e. The number of hydrogen-bond acceptors (Lipinski definition) is 3. The predicted molar refractivity (Wildman–Crippen MR) is 66.1 cm³/mol. The van der Waals surface area contributed by atoms with Crippen molar-refractivity contribution >= 4 is 10.0 Å². The van der Waals surface area contributed by atoms with Crippen molar-refractivity contribution < 1.29 is 8.42 Å². The van der Waals surface area contributed by atoms with Gasteiger partial charge in [0.25, 0.3) is 0 Å². The molecule has 0 amide bonds. The zero-order valence-corrected chi connectivity index (χ0v) is 11.0.